The third-order valence-corrected chi connectivity index (χ3v) is 4.95. The molecule has 8 heteroatoms. The van der Waals surface area contributed by atoms with Gasteiger partial charge in [0.2, 0.25) is 5.91 Å². The molecule has 0 spiro atoms. The smallest absolute Gasteiger partial charge is 0.259 e. The maximum Gasteiger partial charge on any atom is 0.259 e. The van der Waals surface area contributed by atoms with Crippen LogP contribution in [0, 0.1) is 0 Å². The van der Waals surface area contributed by atoms with Crippen molar-refractivity contribution in [1.82, 2.24) is 10.1 Å². The molecule has 0 atom stereocenters. The number of thioether (sulfide) groups is 1. The summed E-state index contributed by atoms with van der Waals surface area (Å²) < 4.78 is 5.41. The third-order valence-electron chi connectivity index (χ3n) is 3.85. The van der Waals surface area contributed by atoms with Gasteiger partial charge in [0.25, 0.3) is 5.89 Å². The minimum Gasteiger partial charge on any atom is -0.369 e. The van der Waals surface area contributed by atoms with Crippen molar-refractivity contribution in [3.05, 3.63) is 30.1 Å². The van der Waals surface area contributed by atoms with Gasteiger partial charge in [-0.15, -0.1) is 24.2 Å². The number of hydrogen-bond donors (Lipinski definition) is 2. The number of halogens is 1. The summed E-state index contributed by atoms with van der Waals surface area (Å²) in [5, 5.41) is 4.07. The quantitative estimate of drug-likeness (QED) is 0.798. The number of nitrogens with zero attached hydrogens (tertiary/aromatic N) is 2. The second-order valence-electron chi connectivity index (χ2n) is 5.54. The first-order valence-corrected chi connectivity index (χ1v) is 8.21. The summed E-state index contributed by atoms with van der Waals surface area (Å²) in [5.74, 6) is 0.839. The predicted molar refractivity (Wildman–Crippen MR) is 91.2 cm³/mol. The Morgan fingerprint density at radius 2 is 2.00 bits per heavy atom. The molecule has 1 saturated carbocycles. The van der Waals surface area contributed by atoms with Crippen molar-refractivity contribution in [3.63, 3.8) is 0 Å². The molecule has 0 bridgehead atoms. The zero-order valence-corrected chi connectivity index (χ0v) is 14.2. The Labute approximate surface area is 144 Å². The van der Waals surface area contributed by atoms with Crippen LogP contribution in [0.3, 0.4) is 0 Å². The maximum absolute atomic E-state index is 11.0. The largest absolute Gasteiger partial charge is 0.369 e. The van der Waals surface area contributed by atoms with Gasteiger partial charge >= 0.3 is 0 Å². The zero-order valence-electron chi connectivity index (χ0n) is 12.5. The van der Waals surface area contributed by atoms with E-state index in [4.69, 9.17) is 16.0 Å². The number of hydrogen-bond acceptors (Lipinski definition) is 6. The van der Waals surface area contributed by atoms with Gasteiger partial charge in [0.1, 0.15) is 0 Å². The molecular weight excluding hydrogens is 336 g/mol. The predicted octanol–water partition coefficient (Wildman–Crippen LogP) is 2.46. The number of primary amides is 1. The minimum absolute atomic E-state index is 0. The van der Waals surface area contributed by atoms with Crippen LogP contribution in [-0.2, 0) is 10.3 Å². The average Bonchev–Trinajstić information content (AvgIpc) is 3.15. The van der Waals surface area contributed by atoms with E-state index in [0.29, 0.717) is 11.7 Å². The van der Waals surface area contributed by atoms with E-state index < -0.39 is 5.54 Å². The van der Waals surface area contributed by atoms with E-state index in [-0.39, 0.29) is 24.1 Å². The summed E-state index contributed by atoms with van der Waals surface area (Å²) in [6, 6.07) is 7.58. The molecule has 1 fully saturated rings. The monoisotopic (exact) mass is 354 g/mol. The van der Waals surface area contributed by atoms with Crippen LogP contribution in [0.4, 0.5) is 0 Å². The molecule has 1 aliphatic carbocycles. The SMILES string of the molecule is Cl.NC(=O)CSc1ccccc1-c1nc(C2(N)CCCC2)no1. The standard InChI is InChI=1S/C15H18N4O2S.ClH/c16-12(20)9-22-11-6-2-1-5-10(11)13-18-14(19-21-13)15(17)7-3-4-8-15;/h1-2,5-6H,3-4,7-9,17H2,(H2,16,20);1H. The molecule has 1 heterocycles. The molecule has 0 unspecified atom stereocenters. The Hall–Kier alpha value is -1.57. The lowest BCUT2D eigenvalue weighted by atomic mass is 9.99. The first-order valence-electron chi connectivity index (χ1n) is 7.22. The van der Waals surface area contributed by atoms with Gasteiger partial charge in [-0.05, 0) is 25.0 Å². The highest BCUT2D eigenvalue weighted by atomic mass is 35.5. The number of amides is 1. The number of aromatic nitrogens is 2. The van der Waals surface area contributed by atoms with E-state index in [2.05, 4.69) is 10.1 Å². The molecule has 1 aromatic carbocycles. The highest BCUT2D eigenvalue weighted by Gasteiger charge is 2.36. The van der Waals surface area contributed by atoms with Crippen molar-refractivity contribution in [2.24, 2.45) is 11.5 Å². The second-order valence-corrected chi connectivity index (χ2v) is 6.55. The Bertz CT molecular complexity index is 686. The summed E-state index contributed by atoms with van der Waals surface area (Å²) in [7, 11) is 0. The Balaban J connectivity index is 0.00000192. The highest BCUT2D eigenvalue weighted by Crippen LogP contribution is 2.36. The van der Waals surface area contributed by atoms with E-state index in [1.54, 1.807) is 0 Å². The van der Waals surface area contributed by atoms with E-state index in [9.17, 15) is 4.79 Å². The molecule has 2 aromatic rings. The lowest BCUT2D eigenvalue weighted by Gasteiger charge is -2.17. The summed E-state index contributed by atoms with van der Waals surface area (Å²) in [5.41, 5.74) is 11.9. The van der Waals surface area contributed by atoms with E-state index in [1.165, 1.54) is 11.8 Å². The number of benzene rings is 1. The lowest BCUT2D eigenvalue weighted by Crippen LogP contribution is -2.34. The summed E-state index contributed by atoms with van der Waals surface area (Å²) in [6.07, 6.45) is 3.94. The fourth-order valence-electron chi connectivity index (χ4n) is 2.68. The first-order chi connectivity index (χ1) is 10.6. The molecule has 23 heavy (non-hydrogen) atoms. The average molecular weight is 355 g/mol. The Morgan fingerprint density at radius 3 is 2.70 bits per heavy atom. The van der Waals surface area contributed by atoms with Crippen LogP contribution in [0.2, 0.25) is 0 Å². The van der Waals surface area contributed by atoms with Gasteiger partial charge in [0, 0.05) is 4.90 Å². The van der Waals surface area contributed by atoms with Crippen molar-refractivity contribution in [1.29, 1.82) is 0 Å². The minimum atomic E-state index is -0.475. The summed E-state index contributed by atoms with van der Waals surface area (Å²) in [4.78, 5) is 16.3. The first kappa shape index (κ1) is 17.8. The van der Waals surface area contributed by atoms with E-state index in [1.807, 2.05) is 24.3 Å². The molecule has 0 radical (unpaired) electrons. The van der Waals surface area contributed by atoms with Gasteiger partial charge in [-0.2, -0.15) is 4.98 Å². The van der Waals surface area contributed by atoms with Gasteiger partial charge in [-0.25, -0.2) is 0 Å². The van der Waals surface area contributed by atoms with Gasteiger partial charge in [-0.3, -0.25) is 4.79 Å². The maximum atomic E-state index is 11.0. The van der Waals surface area contributed by atoms with Gasteiger partial charge in [-0.1, -0.05) is 30.1 Å². The van der Waals surface area contributed by atoms with E-state index >= 15 is 0 Å². The zero-order chi connectivity index (χ0) is 15.6. The summed E-state index contributed by atoms with van der Waals surface area (Å²) in [6.45, 7) is 0. The van der Waals surface area contributed by atoms with Crippen molar-refractivity contribution < 1.29 is 9.32 Å². The molecule has 3 rings (SSSR count). The number of carbonyl (C=O) groups is 1. The molecule has 4 N–H and O–H groups in total. The van der Waals surface area contributed by atoms with Gasteiger partial charge < -0.3 is 16.0 Å². The fraction of sp³-hybridized carbons (Fsp3) is 0.400. The van der Waals surface area contributed by atoms with Crippen molar-refractivity contribution in [2.75, 3.05) is 5.75 Å². The van der Waals surface area contributed by atoms with Crippen molar-refractivity contribution >= 4 is 30.1 Å². The van der Waals surface area contributed by atoms with Crippen LogP contribution in [0.5, 0.6) is 0 Å². The van der Waals surface area contributed by atoms with Crippen LogP contribution in [0.1, 0.15) is 31.5 Å². The third kappa shape index (κ3) is 3.85. The van der Waals surface area contributed by atoms with Crippen LogP contribution in [-0.4, -0.2) is 21.8 Å². The van der Waals surface area contributed by atoms with Crippen LogP contribution in [0.15, 0.2) is 33.7 Å². The van der Waals surface area contributed by atoms with Crippen molar-refractivity contribution in [3.8, 4) is 11.5 Å². The second kappa shape index (κ2) is 7.33. The highest BCUT2D eigenvalue weighted by molar-refractivity contribution is 8.00. The molecule has 124 valence electrons. The normalized spacial score (nSPS) is 16.0. The number of rotatable bonds is 5. The Kier molecular flexibility index (Phi) is 5.67. The van der Waals surface area contributed by atoms with Gasteiger partial charge in [0.15, 0.2) is 5.82 Å². The van der Waals surface area contributed by atoms with Gasteiger partial charge in [0.05, 0.1) is 16.9 Å². The molecule has 1 aromatic heterocycles. The van der Waals surface area contributed by atoms with Crippen LogP contribution in [0.25, 0.3) is 11.5 Å². The summed E-state index contributed by atoms with van der Waals surface area (Å²) >= 11 is 1.36. The molecule has 1 aliphatic rings. The molecule has 0 aliphatic heterocycles. The van der Waals surface area contributed by atoms with Crippen LogP contribution >= 0.6 is 24.2 Å². The number of carbonyl (C=O) groups excluding carboxylic acids is 1. The molecule has 1 amide bonds. The molecule has 6 nitrogen and oxygen atoms in total. The van der Waals surface area contributed by atoms with Crippen molar-refractivity contribution in [2.45, 2.75) is 36.1 Å². The molecule has 0 saturated heterocycles. The Morgan fingerprint density at radius 1 is 1.30 bits per heavy atom. The lowest BCUT2D eigenvalue weighted by molar-refractivity contribution is -0.115. The topological polar surface area (TPSA) is 108 Å². The number of nitrogens with two attached hydrogens (primary N) is 2. The fourth-order valence-corrected chi connectivity index (χ4v) is 3.47. The van der Waals surface area contributed by atoms with E-state index in [0.717, 1.165) is 36.1 Å². The van der Waals surface area contributed by atoms with Crippen LogP contribution < -0.4 is 11.5 Å². The molecular formula is C15H19ClN4O2S.